The van der Waals surface area contributed by atoms with Gasteiger partial charge in [0.15, 0.2) is 11.3 Å². The molecule has 0 amide bonds. The van der Waals surface area contributed by atoms with Crippen LogP contribution in [0.2, 0.25) is 0 Å². The Hall–Kier alpha value is -3.49. The molecule has 0 bridgehead atoms. The van der Waals surface area contributed by atoms with Gasteiger partial charge < -0.3 is 18.9 Å². The van der Waals surface area contributed by atoms with Crippen LogP contribution in [0.5, 0.6) is 5.75 Å². The Morgan fingerprint density at radius 3 is 2.73 bits per heavy atom. The molecule has 0 radical (unpaired) electrons. The molecule has 1 N–H and O–H groups in total. The van der Waals surface area contributed by atoms with Crippen LogP contribution in [-0.2, 0) is 30.4 Å². The number of hydrogen-bond acceptors (Lipinski definition) is 4. The van der Waals surface area contributed by atoms with Crippen LogP contribution in [0.25, 0.3) is 21.9 Å². The second-order valence-corrected chi connectivity index (χ2v) is 7.83. The number of alkyl halides is 3. The van der Waals surface area contributed by atoms with Gasteiger partial charge in [-0.05, 0) is 42.7 Å². The molecule has 33 heavy (non-hydrogen) atoms. The van der Waals surface area contributed by atoms with Gasteiger partial charge in [0.05, 0.1) is 18.4 Å². The topological polar surface area (TPSA) is 77.5 Å². The van der Waals surface area contributed by atoms with E-state index in [9.17, 15) is 18.0 Å². The Bertz CT molecular complexity index is 1290. The SMILES string of the molecule is CCCc1c(OCCCn2ccc3c(CC(=O)O)cccc32)ccc2c(C(F)(F)F)noc12. The van der Waals surface area contributed by atoms with Gasteiger partial charge in [-0.2, -0.15) is 13.2 Å². The third kappa shape index (κ3) is 4.67. The molecule has 0 fully saturated rings. The number of carboxylic acids is 1. The summed E-state index contributed by atoms with van der Waals surface area (Å²) >= 11 is 0. The summed E-state index contributed by atoms with van der Waals surface area (Å²) < 4.78 is 52.5. The van der Waals surface area contributed by atoms with Crippen molar-refractivity contribution in [1.82, 2.24) is 9.72 Å². The van der Waals surface area contributed by atoms with Gasteiger partial charge in [-0.3, -0.25) is 4.79 Å². The fourth-order valence-electron chi connectivity index (χ4n) is 4.08. The lowest BCUT2D eigenvalue weighted by atomic mass is 10.0. The number of aromatic nitrogens is 2. The van der Waals surface area contributed by atoms with Crippen molar-refractivity contribution in [3.05, 3.63) is 59.4 Å². The summed E-state index contributed by atoms with van der Waals surface area (Å²) in [5, 5.41) is 13.2. The molecule has 0 saturated heterocycles. The first-order valence-corrected chi connectivity index (χ1v) is 10.7. The van der Waals surface area contributed by atoms with Crippen molar-refractivity contribution in [2.24, 2.45) is 0 Å². The second-order valence-electron chi connectivity index (χ2n) is 7.83. The van der Waals surface area contributed by atoms with Crippen molar-refractivity contribution < 1.29 is 32.3 Å². The van der Waals surface area contributed by atoms with Gasteiger partial charge in [-0.1, -0.05) is 30.6 Å². The third-order valence-electron chi connectivity index (χ3n) is 5.52. The first-order chi connectivity index (χ1) is 15.8. The maximum absolute atomic E-state index is 13.2. The smallest absolute Gasteiger partial charge is 0.437 e. The predicted molar refractivity (Wildman–Crippen MR) is 116 cm³/mol. The normalized spacial score (nSPS) is 12.0. The molecule has 0 aliphatic rings. The second kappa shape index (κ2) is 9.17. The van der Waals surface area contributed by atoms with Gasteiger partial charge in [-0.15, -0.1) is 0 Å². The van der Waals surface area contributed by atoms with E-state index in [1.165, 1.54) is 6.07 Å². The van der Waals surface area contributed by atoms with E-state index < -0.39 is 17.8 Å². The van der Waals surface area contributed by atoms with Crippen LogP contribution in [0.4, 0.5) is 13.2 Å². The number of fused-ring (bicyclic) bond motifs is 2. The number of hydrogen-bond donors (Lipinski definition) is 1. The van der Waals surface area contributed by atoms with Crippen LogP contribution in [0.3, 0.4) is 0 Å². The number of carboxylic acid groups (broad SMARTS) is 1. The van der Waals surface area contributed by atoms with E-state index in [-0.39, 0.29) is 17.4 Å². The highest BCUT2D eigenvalue weighted by Crippen LogP contribution is 2.38. The number of benzene rings is 2. The maximum atomic E-state index is 13.2. The minimum Gasteiger partial charge on any atom is -0.493 e. The van der Waals surface area contributed by atoms with Crippen molar-refractivity contribution >= 4 is 27.8 Å². The van der Waals surface area contributed by atoms with Crippen LogP contribution in [0.1, 0.15) is 36.6 Å². The molecule has 4 rings (SSSR count). The van der Waals surface area contributed by atoms with Crippen LogP contribution in [0.15, 0.2) is 47.1 Å². The van der Waals surface area contributed by atoms with Gasteiger partial charge >= 0.3 is 12.1 Å². The molecular formula is C24H23F3N2O4. The molecule has 0 saturated carbocycles. The molecule has 0 aliphatic carbocycles. The zero-order chi connectivity index (χ0) is 23.6. The monoisotopic (exact) mass is 460 g/mol. The average Bonchev–Trinajstić information content (AvgIpc) is 3.37. The summed E-state index contributed by atoms with van der Waals surface area (Å²) in [5.41, 5.74) is 1.39. The fraction of sp³-hybridized carbons (Fsp3) is 0.333. The van der Waals surface area contributed by atoms with Crippen molar-refractivity contribution in [3.8, 4) is 5.75 Å². The summed E-state index contributed by atoms with van der Waals surface area (Å²) in [4.78, 5) is 11.1. The molecule has 0 aliphatic heterocycles. The molecule has 9 heteroatoms. The number of halogens is 3. The minimum absolute atomic E-state index is 0.0369. The van der Waals surface area contributed by atoms with Crippen molar-refractivity contribution in [3.63, 3.8) is 0 Å². The first kappa shape index (κ1) is 22.7. The average molecular weight is 460 g/mol. The number of ether oxygens (including phenoxy) is 1. The largest absolute Gasteiger partial charge is 0.493 e. The van der Waals surface area contributed by atoms with Crippen LogP contribution in [0, 0.1) is 0 Å². The number of aliphatic carboxylic acids is 1. The highest BCUT2D eigenvalue weighted by atomic mass is 19.4. The van der Waals surface area contributed by atoms with Crippen molar-refractivity contribution in [1.29, 1.82) is 0 Å². The Morgan fingerprint density at radius 1 is 1.18 bits per heavy atom. The van der Waals surface area contributed by atoms with Gasteiger partial charge in [0.25, 0.3) is 0 Å². The molecule has 2 aromatic carbocycles. The van der Waals surface area contributed by atoms with Crippen molar-refractivity contribution in [2.75, 3.05) is 6.61 Å². The zero-order valence-corrected chi connectivity index (χ0v) is 18.0. The summed E-state index contributed by atoms with van der Waals surface area (Å²) in [6.45, 7) is 2.93. The van der Waals surface area contributed by atoms with Gasteiger partial charge in [0.1, 0.15) is 5.75 Å². The van der Waals surface area contributed by atoms with E-state index in [0.29, 0.717) is 43.7 Å². The molecule has 0 spiro atoms. The van der Waals surface area contributed by atoms with E-state index >= 15 is 0 Å². The molecular weight excluding hydrogens is 437 g/mol. The van der Waals surface area contributed by atoms with E-state index in [1.54, 1.807) is 6.07 Å². The molecule has 0 unspecified atom stereocenters. The Morgan fingerprint density at radius 2 is 2.00 bits per heavy atom. The van der Waals surface area contributed by atoms with E-state index in [4.69, 9.17) is 14.4 Å². The summed E-state index contributed by atoms with van der Waals surface area (Å²) in [5.74, 6) is -0.382. The highest BCUT2D eigenvalue weighted by molar-refractivity contribution is 5.87. The Kier molecular flexibility index (Phi) is 6.31. The molecule has 6 nitrogen and oxygen atoms in total. The van der Waals surface area contributed by atoms with Gasteiger partial charge in [0.2, 0.25) is 0 Å². The van der Waals surface area contributed by atoms with E-state index in [1.807, 2.05) is 42.0 Å². The maximum Gasteiger partial charge on any atom is 0.437 e. The first-order valence-electron chi connectivity index (χ1n) is 10.7. The molecule has 174 valence electrons. The van der Waals surface area contributed by atoms with Crippen LogP contribution >= 0.6 is 0 Å². The zero-order valence-electron chi connectivity index (χ0n) is 18.0. The lowest BCUT2D eigenvalue weighted by molar-refractivity contribution is -0.141. The number of rotatable bonds is 9. The number of nitrogens with zero attached hydrogens (tertiary/aromatic N) is 2. The van der Waals surface area contributed by atoms with Crippen LogP contribution in [-0.4, -0.2) is 27.4 Å². The molecule has 4 aromatic rings. The van der Waals surface area contributed by atoms with Crippen LogP contribution < -0.4 is 4.74 Å². The highest BCUT2D eigenvalue weighted by Gasteiger charge is 2.37. The van der Waals surface area contributed by atoms with Gasteiger partial charge in [-0.25, -0.2) is 0 Å². The summed E-state index contributed by atoms with van der Waals surface area (Å²) in [7, 11) is 0. The van der Waals surface area contributed by atoms with E-state index in [0.717, 1.165) is 16.5 Å². The fourth-order valence-corrected chi connectivity index (χ4v) is 4.08. The lowest BCUT2D eigenvalue weighted by Gasteiger charge is -2.12. The Labute approximate surface area is 187 Å². The summed E-state index contributed by atoms with van der Waals surface area (Å²) in [6.07, 6.45) is -0.830. The summed E-state index contributed by atoms with van der Waals surface area (Å²) in [6, 6.07) is 10.4. The van der Waals surface area contributed by atoms with E-state index in [2.05, 4.69) is 5.16 Å². The Balaban J connectivity index is 1.47. The van der Waals surface area contributed by atoms with Crippen molar-refractivity contribution in [2.45, 2.75) is 45.3 Å². The minimum atomic E-state index is -4.58. The standard InChI is InChI=1S/C24H23F3N2O4/c1-2-5-17-20(9-8-18-22(17)33-28-23(18)24(25,26)27)32-13-4-11-29-12-10-16-15(14-21(30)31)6-3-7-19(16)29/h3,6-10,12H,2,4-5,11,13-14H2,1H3,(H,30,31). The number of aryl methyl sites for hydroxylation is 2. The molecule has 2 heterocycles. The van der Waals surface area contributed by atoms with Gasteiger partial charge in [0, 0.05) is 29.2 Å². The quantitative estimate of drug-likeness (QED) is 0.317. The lowest BCUT2D eigenvalue weighted by Crippen LogP contribution is -2.07. The molecule has 2 aromatic heterocycles. The molecule has 0 atom stereocenters. The predicted octanol–water partition coefficient (Wildman–Crippen LogP) is 5.85. The number of carbonyl (C=O) groups is 1. The third-order valence-corrected chi connectivity index (χ3v) is 5.52.